The molecule has 0 aliphatic heterocycles. The largest absolute Gasteiger partial charge is 0.444 e. The SMILES string of the molecule is CC(C)NC(=O)NC(CCC(Cc1ccccc1)NC(=O)OCc1cncs1)Cc1ccccc1. The number of aromatic nitrogens is 1. The molecule has 1 heterocycles. The average molecular weight is 495 g/mol. The number of hydrogen-bond acceptors (Lipinski definition) is 5. The quantitative estimate of drug-likeness (QED) is 0.327. The predicted molar refractivity (Wildman–Crippen MR) is 139 cm³/mol. The van der Waals surface area contributed by atoms with Crippen LogP contribution in [0.1, 0.15) is 42.7 Å². The number of alkyl carbamates (subject to hydrolysis) is 1. The molecule has 1 aromatic heterocycles. The van der Waals surface area contributed by atoms with Crippen LogP contribution >= 0.6 is 11.3 Å². The Balaban J connectivity index is 1.64. The number of rotatable bonds is 12. The second kappa shape index (κ2) is 14.1. The van der Waals surface area contributed by atoms with Gasteiger partial charge in [0.2, 0.25) is 0 Å². The predicted octanol–water partition coefficient (Wildman–Crippen LogP) is 5.08. The van der Waals surface area contributed by atoms with E-state index in [0.29, 0.717) is 25.7 Å². The number of hydrogen-bond donors (Lipinski definition) is 3. The van der Waals surface area contributed by atoms with Crippen molar-refractivity contribution in [2.24, 2.45) is 0 Å². The average Bonchev–Trinajstić information content (AvgIpc) is 3.36. The summed E-state index contributed by atoms with van der Waals surface area (Å²) in [5.74, 6) is 0. The van der Waals surface area contributed by atoms with Crippen molar-refractivity contribution in [2.45, 2.75) is 64.3 Å². The molecule has 3 amide bonds. The van der Waals surface area contributed by atoms with Crippen LogP contribution in [0.2, 0.25) is 0 Å². The van der Waals surface area contributed by atoms with Gasteiger partial charge >= 0.3 is 12.1 Å². The molecule has 0 fully saturated rings. The Bertz CT molecular complexity index is 1010. The van der Waals surface area contributed by atoms with Gasteiger partial charge in [0.25, 0.3) is 0 Å². The second-order valence-corrected chi connectivity index (χ2v) is 9.78. The number of thiazole rings is 1. The Labute approximate surface area is 211 Å². The van der Waals surface area contributed by atoms with Crippen LogP contribution in [-0.2, 0) is 24.2 Å². The maximum absolute atomic E-state index is 12.5. The number of amides is 3. The first-order valence-electron chi connectivity index (χ1n) is 11.9. The number of carbonyl (C=O) groups excluding carboxylic acids is 2. The first-order chi connectivity index (χ1) is 17.0. The highest BCUT2D eigenvalue weighted by Gasteiger charge is 2.19. The van der Waals surface area contributed by atoms with E-state index in [-0.39, 0.29) is 30.8 Å². The molecule has 0 aliphatic rings. The topological polar surface area (TPSA) is 92.4 Å². The van der Waals surface area contributed by atoms with E-state index in [1.165, 1.54) is 11.3 Å². The minimum atomic E-state index is -0.454. The van der Waals surface area contributed by atoms with Gasteiger partial charge in [0.15, 0.2) is 0 Å². The van der Waals surface area contributed by atoms with E-state index in [0.717, 1.165) is 16.0 Å². The van der Waals surface area contributed by atoms with Gasteiger partial charge in [-0.15, -0.1) is 11.3 Å². The molecule has 3 aromatic rings. The Morgan fingerprint density at radius 2 is 1.43 bits per heavy atom. The summed E-state index contributed by atoms with van der Waals surface area (Å²) in [5, 5.41) is 9.05. The van der Waals surface area contributed by atoms with Gasteiger partial charge in [0.05, 0.1) is 10.4 Å². The highest BCUT2D eigenvalue weighted by atomic mass is 32.1. The van der Waals surface area contributed by atoms with Crippen LogP contribution in [0.5, 0.6) is 0 Å². The molecule has 186 valence electrons. The molecule has 0 radical (unpaired) electrons. The van der Waals surface area contributed by atoms with Crippen LogP contribution in [0.3, 0.4) is 0 Å². The zero-order chi connectivity index (χ0) is 24.9. The fourth-order valence-corrected chi connectivity index (χ4v) is 4.30. The molecule has 3 rings (SSSR count). The molecule has 2 unspecified atom stereocenters. The zero-order valence-electron chi connectivity index (χ0n) is 20.3. The van der Waals surface area contributed by atoms with Crippen molar-refractivity contribution in [1.82, 2.24) is 20.9 Å². The molecule has 2 aromatic carbocycles. The lowest BCUT2D eigenvalue weighted by molar-refractivity contribution is 0.135. The van der Waals surface area contributed by atoms with Crippen LogP contribution in [0.15, 0.2) is 72.4 Å². The van der Waals surface area contributed by atoms with Crippen molar-refractivity contribution in [3.05, 3.63) is 88.4 Å². The van der Waals surface area contributed by atoms with Crippen LogP contribution in [0.4, 0.5) is 9.59 Å². The van der Waals surface area contributed by atoms with Crippen molar-refractivity contribution >= 4 is 23.5 Å². The summed E-state index contributed by atoms with van der Waals surface area (Å²) >= 11 is 1.45. The second-order valence-electron chi connectivity index (χ2n) is 8.81. The minimum Gasteiger partial charge on any atom is -0.444 e. The first kappa shape index (κ1) is 26.2. The third-order valence-corrected chi connectivity index (χ3v) is 6.17. The van der Waals surface area contributed by atoms with E-state index in [1.807, 2.05) is 62.4 Å². The lowest BCUT2D eigenvalue weighted by Crippen LogP contribution is -2.46. The van der Waals surface area contributed by atoms with E-state index < -0.39 is 6.09 Å². The molecule has 8 heteroatoms. The van der Waals surface area contributed by atoms with Crippen LogP contribution < -0.4 is 16.0 Å². The maximum Gasteiger partial charge on any atom is 0.407 e. The standard InChI is InChI=1S/C27H34N4O3S/c1-20(2)29-26(32)30-23(15-21-9-5-3-6-10-21)13-14-24(16-22-11-7-4-8-12-22)31-27(33)34-18-25-17-28-19-35-25/h3-12,17,19-20,23-24H,13-16,18H2,1-2H3,(H,31,33)(H2,29,30,32). The monoisotopic (exact) mass is 494 g/mol. The summed E-state index contributed by atoms with van der Waals surface area (Å²) in [7, 11) is 0. The van der Waals surface area contributed by atoms with Crippen molar-refractivity contribution < 1.29 is 14.3 Å². The summed E-state index contributed by atoms with van der Waals surface area (Å²) in [5.41, 5.74) is 3.99. The van der Waals surface area contributed by atoms with E-state index in [9.17, 15) is 9.59 Å². The van der Waals surface area contributed by atoms with Gasteiger partial charge in [0, 0.05) is 24.3 Å². The third kappa shape index (κ3) is 10.2. The first-order valence-corrected chi connectivity index (χ1v) is 12.8. The molecule has 0 saturated carbocycles. The van der Waals surface area contributed by atoms with Crippen molar-refractivity contribution in [2.75, 3.05) is 0 Å². The van der Waals surface area contributed by atoms with Crippen LogP contribution in [-0.4, -0.2) is 35.2 Å². The molecule has 2 atom stereocenters. The number of nitrogens with zero attached hydrogens (tertiary/aromatic N) is 1. The molecule has 0 aliphatic carbocycles. The van der Waals surface area contributed by atoms with Gasteiger partial charge < -0.3 is 20.7 Å². The third-order valence-electron chi connectivity index (χ3n) is 5.42. The Hall–Kier alpha value is -3.39. The Morgan fingerprint density at radius 1 is 0.857 bits per heavy atom. The summed E-state index contributed by atoms with van der Waals surface area (Å²) in [6.45, 7) is 4.06. The molecule has 7 nitrogen and oxygen atoms in total. The van der Waals surface area contributed by atoms with Gasteiger partial charge in [-0.3, -0.25) is 4.98 Å². The van der Waals surface area contributed by atoms with Crippen molar-refractivity contribution in [1.29, 1.82) is 0 Å². The van der Waals surface area contributed by atoms with Gasteiger partial charge in [0.1, 0.15) is 6.61 Å². The van der Waals surface area contributed by atoms with Gasteiger partial charge in [-0.2, -0.15) is 0 Å². The number of urea groups is 1. The van der Waals surface area contributed by atoms with Crippen LogP contribution in [0, 0.1) is 0 Å². The van der Waals surface area contributed by atoms with E-state index >= 15 is 0 Å². The number of benzene rings is 2. The fourth-order valence-electron chi connectivity index (χ4n) is 3.80. The number of ether oxygens (including phenoxy) is 1. The molecular weight excluding hydrogens is 460 g/mol. The Kier molecular flexibility index (Phi) is 10.6. The normalized spacial score (nSPS) is 12.5. The van der Waals surface area contributed by atoms with Gasteiger partial charge in [-0.25, -0.2) is 9.59 Å². The van der Waals surface area contributed by atoms with Crippen LogP contribution in [0.25, 0.3) is 0 Å². The van der Waals surface area contributed by atoms with Crippen molar-refractivity contribution in [3.8, 4) is 0 Å². The maximum atomic E-state index is 12.5. The lowest BCUT2D eigenvalue weighted by atomic mass is 9.96. The van der Waals surface area contributed by atoms with Gasteiger partial charge in [-0.05, 0) is 50.7 Å². The molecule has 0 bridgehead atoms. The lowest BCUT2D eigenvalue weighted by Gasteiger charge is -2.24. The highest BCUT2D eigenvalue weighted by molar-refractivity contribution is 7.09. The molecule has 35 heavy (non-hydrogen) atoms. The summed E-state index contributed by atoms with van der Waals surface area (Å²) in [6.07, 6.45) is 4.01. The number of nitrogens with one attached hydrogen (secondary N) is 3. The fraction of sp³-hybridized carbons (Fsp3) is 0.370. The summed E-state index contributed by atoms with van der Waals surface area (Å²) in [4.78, 5) is 29.9. The van der Waals surface area contributed by atoms with E-state index in [4.69, 9.17) is 4.74 Å². The highest BCUT2D eigenvalue weighted by Crippen LogP contribution is 2.14. The Morgan fingerprint density at radius 3 is 1.94 bits per heavy atom. The van der Waals surface area contributed by atoms with E-state index in [2.05, 4.69) is 33.1 Å². The zero-order valence-corrected chi connectivity index (χ0v) is 21.1. The molecular formula is C27H34N4O3S. The minimum absolute atomic E-state index is 0.0492. The number of carbonyl (C=O) groups is 2. The molecule has 3 N–H and O–H groups in total. The summed E-state index contributed by atoms with van der Waals surface area (Å²) < 4.78 is 5.41. The molecule has 0 saturated heterocycles. The van der Waals surface area contributed by atoms with Crippen molar-refractivity contribution in [3.63, 3.8) is 0 Å². The summed E-state index contributed by atoms with van der Waals surface area (Å²) in [6, 6.07) is 19.8. The van der Waals surface area contributed by atoms with E-state index in [1.54, 1.807) is 11.7 Å². The smallest absolute Gasteiger partial charge is 0.407 e. The van der Waals surface area contributed by atoms with Gasteiger partial charge in [-0.1, -0.05) is 60.7 Å². The molecule has 0 spiro atoms.